The molecule has 0 spiro atoms. The molecule has 3 rings (SSSR count). The summed E-state index contributed by atoms with van der Waals surface area (Å²) in [7, 11) is 0. The molecule has 1 aliphatic carbocycles. The molecule has 0 aromatic heterocycles. The van der Waals surface area contributed by atoms with Crippen LogP contribution in [0.25, 0.3) is 0 Å². The van der Waals surface area contributed by atoms with Crippen molar-refractivity contribution < 1.29 is 4.74 Å². The molecule has 0 radical (unpaired) electrons. The molecule has 1 N–H and O–H groups in total. The summed E-state index contributed by atoms with van der Waals surface area (Å²) in [4.78, 5) is 0. The second-order valence-corrected chi connectivity index (χ2v) is 5.55. The van der Waals surface area contributed by atoms with Gasteiger partial charge in [0.15, 0.2) is 0 Å². The van der Waals surface area contributed by atoms with Crippen LogP contribution in [0.1, 0.15) is 24.0 Å². The minimum Gasteiger partial charge on any atom is -0.493 e. The highest BCUT2D eigenvalue weighted by atomic mass is 79.9. The van der Waals surface area contributed by atoms with E-state index in [2.05, 4.69) is 33.4 Å². The predicted molar refractivity (Wildman–Crippen MR) is 68.1 cm³/mol. The maximum Gasteiger partial charge on any atom is 0.125 e. The third kappa shape index (κ3) is 2.25. The topological polar surface area (TPSA) is 21.3 Å². The Balaban J connectivity index is 1.71. The van der Waals surface area contributed by atoms with Crippen LogP contribution in [-0.2, 0) is 12.8 Å². The molecule has 0 amide bonds. The Kier molecular flexibility index (Phi) is 2.90. The van der Waals surface area contributed by atoms with Crippen molar-refractivity contribution in [3.63, 3.8) is 0 Å². The molecule has 0 unspecified atom stereocenters. The van der Waals surface area contributed by atoms with Crippen molar-refractivity contribution in [1.29, 1.82) is 0 Å². The summed E-state index contributed by atoms with van der Waals surface area (Å²) in [5.41, 5.74) is 2.70. The largest absolute Gasteiger partial charge is 0.493 e. The van der Waals surface area contributed by atoms with Gasteiger partial charge in [-0.3, -0.25) is 0 Å². The van der Waals surface area contributed by atoms with Crippen molar-refractivity contribution in [1.82, 2.24) is 5.32 Å². The fraction of sp³-hybridized carbons (Fsp3) is 0.538. The molecule has 2 aliphatic rings. The van der Waals surface area contributed by atoms with Crippen LogP contribution in [0.4, 0.5) is 0 Å². The van der Waals surface area contributed by atoms with Gasteiger partial charge in [0, 0.05) is 16.9 Å². The lowest BCUT2D eigenvalue weighted by Gasteiger charge is -2.09. The SMILES string of the molecule is Brc1cc(CCNC2CC2)c2c(c1)CCO2. The average molecular weight is 282 g/mol. The maximum absolute atomic E-state index is 5.71. The Labute approximate surface area is 105 Å². The molecule has 1 heterocycles. The van der Waals surface area contributed by atoms with Gasteiger partial charge in [-0.2, -0.15) is 0 Å². The predicted octanol–water partition coefficient (Wildman–Crippen LogP) is 2.68. The van der Waals surface area contributed by atoms with Gasteiger partial charge in [0.05, 0.1) is 6.61 Å². The summed E-state index contributed by atoms with van der Waals surface area (Å²) in [6.07, 6.45) is 4.83. The highest BCUT2D eigenvalue weighted by Gasteiger charge is 2.21. The monoisotopic (exact) mass is 281 g/mol. The van der Waals surface area contributed by atoms with Crippen molar-refractivity contribution in [2.45, 2.75) is 31.7 Å². The standard InChI is InChI=1S/C13H16BrNO/c14-11-7-9(3-5-15-12-1-2-12)13-10(8-11)4-6-16-13/h7-8,12,15H,1-6H2. The molecule has 1 aromatic carbocycles. The Hall–Kier alpha value is -0.540. The van der Waals surface area contributed by atoms with Crippen LogP contribution in [-0.4, -0.2) is 19.2 Å². The number of halogens is 1. The number of benzene rings is 1. The van der Waals surface area contributed by atoms with Crippen molar-refractivity contribution in [2.75, 3.05) is 13.2 Å². The lowest BCUT2D eigenvalue weighted by molar-refractivity contribution is 0.353. The van der Waals surface area contributed by atoms with Gasteiger partial charge in [-0.25, -0.2) is 0 Å². The first-order chi connectivity index (χ1) is 7.83. The molecule has 1 aromatic rings. The molecule has 1 fully saturated rings. The van der Waals surface area contributed by atoms with Gasteiger partial charge in [0.2, 0.25) is 0 Å². The van der Waals surface area contributed by atoms with Crippen LogP contribution in [0, 0.1) is 0 Å². The molecule has 1 saturated carbocycles. The Morgan fingerprint density at radius 2 is 2.25 bits per heavy atom. The number of fused-ring (bicyclic) bond motifs is 1. The van der Waals surface area contributed by atoms with E-state index >= 15 is 0 Å². The number of ether oxygens (including phenoxy) is 1. The molecule has 16 heavy (non-hydrogen) atoms. The summed E-state index contributed by atoms with van der Waals surface area (Å²) in [6, 6.07) is 5.17. The lowest BCUT2D eigenvalue weighted by atomic mass is 10.1. The first kappa shape index (κ1) is 10.6. The van der Waals surface area contributed by atoms with Gasteiger partial charge < -0.3 is 10.1 Å². The van der Waals surface area contributed by atoms with E-state index in [1.165, 1.54) is 28.4 Å². The van der Waals surface area contributed by atoms with Gasteiger partial charge in [0.1, 0.15) is 5.75 Å². The second kappa shape index (κ2) is 4.38. The van der Waals surface area contributed by atoms with Gasteiger partial charge in [-0.05, 0) is 49.1 Å². The maximum atomic E-state index is 5.71. The first-order valence-corrected chi connectivity index (χ1v) is 6.80. The van der Waals surface area contributed by atoms with Gasteiger partial charge >= 0.3 is 0 Å². The van der Waals surface area contributed by atoms with Crippen LogP contribution in [0.2, 0.25) is 0 Å². The second-order valence-electron chi connectivity index (χ2n) is 4.63. The molecule has 1 aliphatic heterocycles. The Bertz CT molecular complexity index is 401. The van der Waals surface area contributed by atoms with E-state index in [1.807, 2.05) is 0 Å². The number of rotatable bonds is 4. The van der Waals surface area contributed by atoms with Gasteiger partial charge in [-0.15, -0.1) is 0 Å². The van der Waals surface area contributed by atoms with Crippen molar-refractivity contribution in [3.05, 3.63) is 27.7 Å². The number of hydrogen-bond acceptors (Lipinski definition) is 2. The lowest BCUT2D eigenvalue weighted by Crippen LogP contribution is -2.19. The zero-order valence-electron chi connectivity index (χ0n) is 9.26. The van der Waals surface area contributed by atoms with Gasteiger partial charge in [0.25, 0.3) is 0 Å². The van der Waals surface area contributed by atoms with Crippen molar-refractivity contribution in [3.8, 4) is 5.75 Å². The van der Waals surface area contributed by atoms with Crippen molar-refractivity contribution >= 4 is 15.9 Å². The first-order valence-electron chi connectivity index (χ1n) is 6.00. The third-order valence-corrected chi connectivity index (χ3v) is 3.69. The normalized spacial score (nSPS) is 18.3. The highest BCUT2D eigenvalue weighted by molar-refractivity contribution is 9.10. The summed E-state index contributed by atoms with van der Waals surface area (Å²) >= 11 is 3.57. The van der Waals surface area contributed by atoms with Crippen molar-refractivity contribution in [2.24, 2.45) is 0 Å². The molecule has 2 nitrogen and oxygen atoms in total. The molecular weight excluding hydrogens is 266 g/mol. The number of nitrogens with one attached hydrogen (secondary N) is 1. The number of hydrogen-bond donors (Lipinski definition) is 1. The quantitative estimate of drug-likeness (QED) is 0.916. The Morgan fingerprint density at radius 3 is 3.06 bits per heavy atom. The van der Waals surface area contributed by atoms with Crippen LogP contribution in [0.3, 0.4) is 0 Å². The van der Waals surface area contributed by atoms with E-state index < -0.39 is 0 Å². The van der Waals surface area contributed by atoms with Gasteiger partial charge in [-0.1, -0.05) is 15.9 Å². The van der Waals surface area contributed by atoms with E-state index in [-0.39, 0.29) is 0 Å². The Morgan fingerprint density at radius 1 is 1.38 bits per heavy atom. The summed E-state index contributed by atoms with van der Waals surface area (Å²) in [6.45, 7) is 1.91. The van der Waals surface area contributed by atoms with E-state index in [9.17, 15) is 0 Å². The fourth-order valence-corrected chi connectivity index (χ4v) is 2.78. The molecule has 0 atom stereocenters. The summed E-state index contributed by atoms with van der Waals surface area (Å²) in [5.74, 6) is 1.14. The van der Waals surface area contributed by atoms with E-state index in [0.29, 0.717) is 0 Å². The highest BCUT2D eigenvalue weighted by Crippen LogP contribution is 2.33. The van der Waals surface area contributed by atoms with Crippen LogP contribution in [0.15, 0.2) is 16.6 Å². The molecular formula is C13H16BrNO. The minimum atomic E-state index is 0.793. The molecule has 0 saturated heterocycles. The van der Waals surface area contributed by atoms with Crippen LogP contribution in [0.5, 0.6) is 5.75 Å². The smallest absolute Gasteiger partial charge is 0.125 e. The molecule has 0 bridgehead atoms. The van der Waals surface area contributed by atoms with Crippen LogP contribution < -0.4 is 10.1 Å². The molecule has 86 valence electrons. The zero-order valence-corrected chi connectivity index (χ0v) is 10.8. The molecule has 3 heteroatoms. The summed E-state index contributed by atoms with van der Waals surface area (Å²) in [5, 5.41) is 3.54. The van der Waals surface area contributed by atoms with E-state index in [0.717, 1.165) is 37.8 Å². The zero-order chi connectivity index (χ0) is 11.0. The fourth-order valence-electron chi connectivity index (χ4n) is 2.23. The van der Waals surface area contributed by atoms with Crippen LogP contribution >= 0.6 is 15.9 Å². The van der Waals surface area contributed by atoms with E-state index in [4.69, 9.17) is 4.74 Å². The van der Waals surface area contributed by atoms with E-state index in [1.54, 1.807) is 0 Å². The summed E-state index contributed by atoms with van der Waals surface area (Å²) < 4.78 is 6.89. The minimum absolute atomic E-state index is 0.793. The average Bonchev–Trinajstić information content (AvgIpc) is 2.95. The third-order valence-electron chi connectivity index (χ3n) is 3.23.